The van der Waals surface area contributed by atoms with Crippen molar-refractivity contribution in [3.8, 4) is 0 Å². The van der Waals surface area contributed by atoms with Crippen LogP contribution in [0.5, 0.6) is 0 Å². The zero-order chi connectivity index (χ0) is 15.5. The Balaban J connectivity index is 2.18. The van der Waals surface area contributed by atoms with E-state index in [2.05, 4.69) is 9.71 Å². The summed E-state index contributed by atoms with van der Waals surface area (Å²) in [5, 5.41) is -0.101. The Morgan fingerprint density at radius 3 is 2.71 bits per heavy atom. The van der Waals surface area contributed by atoms with Crippen molar-refractivity contribution in [3.05, 3.63) is 58.9 Å². The number of benzene rings is 1. The van der Waals surface area contributed by atoms with Crippen molar-refractivity contribution in [1.29, 1.82) is 0 Å². The van der Waals surface area contributed by atoms with Crippen LogP contribution in [0.2, 0.25) is 5.15 Å². The number of hydrogen-bond donors (Lipinski definition) is 2. The average molecular weight is 326 g/mol. The Kier molecular flexibility index (Phi) is 4.56. The second-order valence-corrected chi connectivity index (χ2v) is 6.27. The van der Waals surface area contributed by atoms with Gasteiger partial charge in [0.25, 0.3) is 0 Å². The van der Waals surface area contributed by atoms with Gasteiger partial charge in [0.15, 0.2) is 0 Å². The summed E-state index contributed by atoms with van der Waals surface area (Å²) < 4.78 is 26.6. The summed E-state index contributed by atoms with van der Waals surface area (Å²) >= 11 is 5.77. The molecule has 0 unspecified atom stereocenters. The molecule has 21 heavy (non-hydrogen) atoms. The van der Waals surface area contributed by atoms with E-state index in [-0.39, 0.29) is 16.6 Å². The van der Waals surface area contributed by atoms with Gasteiger partial charge in [0, 0.05) is 18.3 Å². The minimum absolute atomic E-state index is 0.00861. The molecule has 110 valence electrons. The van der Waals surface area contributed by atoms with Crippen LogP contribution in [0.3, 0.4) is 0 Å². The van der Waals surface area contributed by atoms with Crippen molar-refractivity contribution in [2.75, 3.05) is 0 Å². The quantitative estimate of drug-likeness (QED) is 0.809. The molecule has 8 heteroatoms. The molecule has 0 aliphatic rings. The number of amides is 1. The van der Waals surface area contributed by atoms with Crippen LogP contribution < -0.4 is 10.5 Å². The first-order chi connectivity index (χ1) is 9.90. The predicted octanol–water partition coefficient (Wildman–Crippen LogP) is 1.31. The van der Waals surface area contributed by atoms with Crippen molar-refractivity contribution in [2.24, 2.45) is 5.73 Å². The Labute approximate surface area is 127 Å². The Hall–Kier alpha value is -1.96. The van der Waals surface area contributed by atoms with E-state index >= 15 is 0 Å². The minimum atomic E-state index is -3.78. The summed E-state index contributed by atoms with van der Waals surface area (Å²) in [5.41, 5.74) is 6.09. The molecule has 3 N–H and O–H groups in total. The topological polar surface area (TPSA) is 102 Å². The standard InChI is InChI=1S/C13H12ClN3O3S/c14-12-11(5-2-6-16-12)21(19,20)17-8-9-3-1-4-10(7-9)13(15)18/h1-7,17H,8H2,(H2,15,18). The summed E-state index contributed by atoms with van der Waals surface area (Å²) in [6.07, 6.45) is 1.40. The molecule has 0 atom stereocenters. The number of hydrogen-bond acceptors (Lipinski definition) is 4. The van der Waals surface area contributed by atoms with Gasteiger partial charge in [0.2, 0.25) is 15.9 Å². The van der Waals surface area contributed by atoms with Crippen molar-refractivity contribution in [2.45, 2.75) is 11.4 Å². The van der Waals surface area contributed by atoms with E-state index < -0.39 is 15.9 Å². The third-order valence-electron chi connectivity index (χ3n) is 2.69. The van der Waals surface area contributed by atoms with Gasteiger partial charge in [-0.15, -0.1) is 0 Å². The molecule has 2 rings (SSSR count). The fourth-order valence-corrected chi connectivity index (χ4v) is 3.13. The number of rotatable bonds is 5. The molecule has 1 amide bonds. The zero-order valence-electron chi connectivity index (χ0n) is 10.8. The lowest BCUT2D eigenvalue weighted by Crippen LogP contribution is -2.24. The van der Waals surface area contributed by atoms with Gasteiger partial charge < -0.3 is 5.73 Å². The molecule has 0 bridgehead atoms. The lowest BCUT2D eigenvalue weighted by Gasteiger charge is -2.08. The van der Waals surface area contributed by atoms with E-state index in [0.29, 0.717) is 11.1 Å². The molecule has 0 aliphatic carbocycles. The fraction of sp³-hybridized carbons (Fsp3) is 0.0769. The van der Waals surface area contributed by atoms with Crippen molar-refractivity contribution in [3.63, 3.8) is 0 Å². The lowest BCUT2D eigenvalue weighted by atomic mass is 10.1. The van der Waals surface area contributed by atoms with Crippen LogP contribution in [0.1, 0.15) is 15.9 Å². The molecule has 2 aromatic rings. The Morgan fingerprint density at radius 2 is 2.05 bits per heavy atom. The second-order valence-electron chi connectivity index (χ2n) is 4.18. The van der Waals surface area contributed by atoms with Gasteiger partial charge >= 0.3 is 0 Å². The number of halogens is 1. The van der Waals surface area contributed by atoms with Gasteiger partial charge in [-0.3, -0.25) is 4.79 Å². The molecule has 0 aliphatic heterocycles. The van der Waals surface area contributed by atoms with Gasteiger partial charge in [0.1, 0.15) is 10.0 Å². The molecule has 1 aromatic heterocycles. The summed E-state index contributed by atoms with van der Waals surface area (Å²) in [6, 6.07) is 9.22. The lowest BCUT2D eigenvalue weighted by molar-refractivity contribution is 0.1000. The molecule has 0 fully saturated rings. The molecular weight excluding hydrogens is 314 g/mol. The monoisotopic (exact) mass is 325 g/mol. The molecule has 1 heterocycles. The number of primary amides is 1. The van der Waals surface area contributed by atoms with E-state index in [1.165, 1.54) is 24.4 Å². The average Bonchev–Trinajstić information content (AvgIpc) is 2.46. The summed E-state index contributed by atoms with van der Waals surface area (Å²) in [5.74, 6) is -0.574. The van der Waals surface area contributed by atoms with Crippen LogP contribution >= 0.6 is 11.6 Å². The van der Waals surface area contributed by atoms with Crippen LogP contribution in [0.15, 0.2) is 47.5 Å². The SMILES string of the molecule is NC(=O)c1cccc(CNS(=O)(=O)c2cccnc2Cl)c1. The molecule has 0 saturated carbocycles. The van der Waals surface area contributed by atoms with Crippen LogP contribution in [0.25, 0.3) is 0 Å². The normalized spacial score (nSPS) is 11.3. The number of nitrogens with two attached hydrogens (primary N) is 1. The maximum atomic E-state index is 12.1. The summed E-state index contributed by atoms with van der Waals surface area (Å²) in [6.45, 7) is 0.00861. The van der Waals surface area contributed by atoms with Crippen LogP contribution in [0, 0.1) is 0 Å². The van der Waals surface area contributed by atoms with Gasteiger partial charge in [0.05, 0.1) is 0 Å². The van der Waals surface area contributed by atoms with E-state index in [4.69, 9.17) is 17.3 Å². The highest BCUT2D eigenvalue weighted by Gasteiger charge is 2.18. The maximum Gasteiger partial charge on any atom is 0.248 e. The smallest absolute Gasteiger partial charge is 0.248 e. The molecule has 6 nitrogen and oxygen atoms in total. The van der Waals surface area contributed by atoms with E-state index in [1.807, 2.05) is 0 Å². The van der Waals surface area contributed by atoms with E-state index in [0.717, 1.165) is 0 Å². The van der Waals surface area contributed by atoms with Crippen LogP contribution in [0.4, 0.5) is 0 Å². The van der Waals surface area contributed by atoms with Crippen LogP contribution in [-0.2, 0) is 16.6 Å². The third kappa shape index (κ3) is 3.78. The number of aromatic nitrogens is 1. The molecule has 0 saturated heterocycles. The number of carbonyl (C=O) groups excluding carboxylic acids is 1. The number of pyridine rings is 1. The molecule has 0 spiro atoms. The number of sulfonamides is 1. The van der Waals surface area contributed by atoms with E-state index in [1.54, 1.807) is 18.2 Å². The van der Waals surface area contributed by atoms with Gasteiger partial charge in [-0.25, -0.2) is 18.1 Å². The van der Waals surface area contributed by atoms with E-state index in [9.17, 15) is 13.2 Å². The fourth-order valence-electron chi connectivity index (χ4n) is 1.66. The van der Waals surface area contributed by atoms with Gasteiger partial charge in [-0.05, 0) is 29.8 Å². The molecular formula is C13H12ClN3O3S. The molecule has 1 aromatic carbocycles. The van der Waals surface area contributed by atoms with Crippen molar-refractivity contribution in [1.82, 2.24) is 9.71 Å². The number of carbonyl (C=O) groups is 1. The van der Waals surface area contributed by atoms with Crippen molar-refractivity contribution >= 4 is 27.5 Å². The highest BCUT2D eigenvalue weighted by atomic mass is 35.5. The second kappa shape index (κ2) is 6.21. The van der Waals surface area contributed by atoms with Gasteiger partial charge in [-0.1, -0.05) is 23.7 Å². The summed E-state index contributed by atoms with van der Waals surface area (Å²) in [4.78, 5) is 14.7. The Bertz CT molecular complexity index is 778. The maximum absolute atomic E-state index is 12.1. The first-order valence-corrected chi connectivity index (χ1v) is 7.75. The molecule has 0 radical (unpaired) electrons. The van der Waals surface area contributed by atoms with Gasteiger partial charge in [-0.2, -0.15) is 0 Å². The third-order valence-corrected chi connectivity index (χ3v) is 4.54. The first-order valence-electron chi connectivity index (χ1n) is 5.89. The zero-order valence-corrected chi connectivity index (χ0v) is 12.4. The van der Waals surface area contributed by atoms with Crippen molar-refractivity contribution < 1.29 is 13.2 Å². The van der Waals surface area contributed by atoms with Crippen LogP contribution in [-0.4, -0.2) is 19.3 Å². The largest absolute Gasteiger partial charge is 0.366 e. The highest BCUT2D eigenvalue weighted by molar-refractivity contribution is 7.89. The Morgan fingerprint density at radius 1 is 1.29 bits per heavy atom. The first kappa shape index (κ1) is 15.4. The highest BCUT2D eigenvalue weighted by Crippen LogP contribution is 2.17. The number of nitrogens with zero attached hydrogens (tertiary/aromatic N) is 1. The predicted molar refractivity (Wildman–Crippen MR) is 78.2 cm³/mol. The number of nitrogens with one attached hydrogen (secondary N) is 1. The minimum Gasteiger partial charge on any atom is -0.366 e. The summed E-state index contributed by atoms with van der Waals surface area (Å²) in [7, 11) is -3.78.